The maximum absolute atomic E-state index is 6.75. The van der Waals surface area contributed by atoms with Crippen LogP contribution in [0.15, 0.2) is 205 Å². The Morgan fingerprint density at radius 1 is 0.411 bits per heavy atom. The lowest BCUT2D eigenvalue weighted by Crippen LogP contribution is -1.95. The zero-order valence-electron chi connectivity index (χ0n) is 30.3. The monoisotopic (exact) mass is 715 g/mol. The van der Waals surface area contributed by atoms with Crippen molar-refractivity contribution < 1.29 is 4.42 Å². The number of rotatable bonds is 6. The predicted molar refractivity (Wildman–Crippen MR) is 231 cm³/mol. The third-order valence-corrected chi connectivity index (χ3v) is 10.8. The average molecular weight is 716 g/mol. The van der Waals surface area contributed by atoms with E-state index < -0.39 is 0 Å². The lowest BCUT2D eigenvalue weighted by molar-refractivity contribution is 0.667. The van der Waals surface area contributed by atoms with Crippen molar-refractivity contribution in [2.24, 2.45) is 0 Å². The van der Waals surface area contributed by atoms with Gasteiger partial charge in [0.15, 0.2) is 11.4 Å². The summed E-state index contributed by atoms with van der Waals surface area (Å²) in [7, 11) is 0. The molecule has 0 spiro atoms. The summed E-state index contributed by atoms with van der Waals surface area (Å²) < 4.78 is 9.14. The summed E-state index contributed by atoms with van der Waals surface area (Å²) in [5, 5.41) is 3.43. The maximum atomic E-state index is 6.75. The van der Waals surface area contributed by atoms with Gasteiger partial charge in [0.1, 0.15) is 16.8 Å². The van der Waals surface area contributed by atoms with Gasteiger partial charge in [0.25, 0.3) is 0 Å². The Morgan fingerprint density at radius 2 is 0.982 bits per heavy atom. The maximum Gasteiger partial charge on any atom is 0.180 e. The molecule has 11 rings (SSSR count). The molecule has 8 aromatic carbocycles. The molecule has 0 aliphatic carbocycles. The molecule has 0 bridgehead atoms. The van der Waals surface area contributed by atoms with Crippen molar-refractivity contribution >= 4 is 43.9 Å². The molecule has 0 amide bonds. The molecule has 0 aliphatic rings. The largest absolute Gasteiger partial charge is 0.452 e. The normalized spacial score (nSPS) is 11.6. The van der Waals surface area contributed by atoms with Gasteiger partial charge in [0.05, 0.1) is 16.4 Å². The molecule has 4 nitrogen and oxygen atoms in total. The van der Waals surface area contributed by atoms with E-state index in [1.165, 1.54) is 32.9 Å². The first-order valence-electron chi connectivity index (χ1n) is 18.9. The van der Waals surface area contributed by atoms with E-state index in [4.69, 9.17) is 14.4 Å². The van der Waals surface area contributed by atoms with Gasteiger partial charge >= 0.3 is 0 Å². The van der Waals surface area contributed by atoms with E-state index in [1.54, 1.807) is 0 Å². The predicted octanol–water partition coefficient (Wildman–Crippen LogP) is 13.8. The van der Waals surface area contributed by atoms with E-state index in [0.717, 1.165) is 61.2 Å². The quantitative estimate of drug-likeness (QED) is 0.172. The van der Waals surface area contributed by atoms with Crippen molar-refractivity contribution in [3.63, 3.8) is 0 Å². The first kappa shape index (κ1) is 31.9. The highest BCUT2D eigenvalue weighted by Gasteiger charge is 2.22. The highest BCUT2D eigenvalue weighted by Crippen LogP contribution is 2.43. The first-order chi connectivity index (χ1) is 27.8. The van der Waals surface area contributed by atoms with Gasteiger partial charge in [-0.05, 0) is 58.1 Å². The third-order valence-electron chi connectivity index (χ3n) is 10.8. The lowest BCUT2D eigenvalue weighted by atomic mass is 9.95. The fourth-order valence-corrected chi connectivity index (χ4v) is 8.24. The van der Waals surface area contributed by atoms with E-state index in [-0.39, 0.29) is 0 Å². The number of para-hydroxylation sites is 3. The molecular weight excluding hydrogens is 683 g/mol. The van der Waals surface area contributed by atoms with E-state index in [9.17, 15) is 0 Å². The Hall–Kier alpha value is -7.56. The fraction of sp³-hybridized carbons (Fsp3) is 0. The smallest absolute Gasteiger partial charge is 0.180 e. The van der Waals surface area contributed by atoms with E-state index in [0.29, 0.717) is 11.4 Å². The summed E-state index contributed by atoms with van der Waals surface area (Å²) in [6.45, 7) is 0. The van der Waals surface area contributed by atoms with Crippen LogP contribution in [0.3, 0.4) is 0 Å². The van der Waals surface area contributed by atoms with Crippen molar-refractivity contribution in [2.45, 2.75) is 0 Å². The summed E-state index contributed by atoms with van der Waals surface area (Å²) in [5.74, 6) is 0.659. The molecule has 262 valence electrons. The third kappa shape index (κ3) is 5.23. The highest BCUT2D eigenvalue weighted by atomic mass is 16.3. The van der Waals surface area contributed by atoms with Crippen molar-refractivity contribution in [1.82, 2.24) is 14.5 Å². The van der Waals surface area contributed by atoms with Gasteiger partial charge in [-0.3, -0.25) is 0 Å². The summed E-state index contributed by atoms with van der Waals surface area (Å²) in [6, 6.07) is 70.3. The van der Waals surface area contributed by atoms with Crippen LogP contribution in [-0.2, 0) is 0 Å². The molecule has 0 N–H and O–H groups in total. The summed E-state index contributed by atoms with van der Waals surface area (Å²) in [6.07, 6.45) is 0. The molecule has 0 saturated carbocycles. The van der Waals surface area contributed by atoms with Crippen LogP contribution in [0.2, 0.25) is 0 Å². The van der Waals surface area contributed by atoms with Crippen molar-refractivity contribution in [3.8, 4) is 61.7 Å². The Kier molecular flexibility index (Phi) is 7.46. The van der Waals surface area contributed by atoms with Gasteiger partial charge < -0.3 is 8.98 Å². The molecule has 4 heteroatoms. The van der Waals surface area contributed by atoms with Crippen LogP contribution < -0.4 is 0 Å². The number of aromatic nitrogens is 3. The molecule has 0 radical (unpaired) electrons. The van der Waals surface area contributed by atoms with Gasteiger partial charge in [0, 0.05) is 33.2 Å². The van der Waals surface area contributed by atoms with Gasteiger partial charge in [-0.15, -0.1) is 0 Å². The molecule has 0 atom stereocenters. The Balaban J connectivity index is 1.12. The number of hydrogen-bond donors (Lipinski definition) is 0. The second kappa shape index (κ2) is 13.1. The summed E-state index contributed by atoms with van der Waals surface area (Å²) >= 11 is 0. The molecule has 56 heavy (non-hydrogen) atoms. The van der Waals surface area contributed by atoms with Gasteiger partial charge in [0.2, 0.25) is 0 Å². The molecule has 3 aromatic heterocycles. The molecule has 11 aromatic rings. The zero-order chi connectivity index (χ0) is 37.0. The fourth-order valence-electron chi connectivity index (χ4n) is 8.24. The van der Waals surface area contributed by atoms with Gasteiger partial charge in [-0.2, -0.15) is 0 Å². The summed E-state index contributed by atoms with van der Waals surface area (Å²) in [5.41, 5.74) is 15.2. The van der Waals surface area contributed by atoms with Crippen LogP contribution in [0.25, 0.3) is 106 Å². The topological polar surface area (TPSA) is 43.9 Å². The minimum Gasteiger partial charge on any atom is -0.452 e. The standard InChI is InChI=1S/C52H33N3O/c1-4-15-34(16-5-1)35-29-31-36(32-30-35)48-51-49(54-52(53-48)37-17-6-2-7-18-37)47-41(24-14-28-46(47)56-51)38-19-12-20-39(33-38)42-25-13-26-44-43-23-10-11-27-45(43)55(50(42)44)40-21-8-3-9-22-40/h1-33H. The van der Waals surface area contributed by atoms with Crippen LogP contribution in [0.5, 0.6) is 0 Å². The van der Waals surface area contributed by atoms with Crippen LogP contribution in [-0.4, -0.2) is 14.5 Å². The van der Waals surface area contributed by atoms with Crippen LogP contribution in [0, 0.1) is 0 Å². The number of hydrogen-bond acceptors (Lipinski definition) is 3. The molecule has 0 fully saturated rings. The molecule has 0 saturated heterocycles. The molecule has 3 heterocycles. The Labute approximate surface area is 323 Å². The molecule has 0 unspecified atom stereocenters. The van der Waals surface area contributed by atoms with Gasteiger partial charge in [-0.1, -0.05) is 170 Å². The van der Waals surface area contributed by atoms with Gasteiger partial charge in [-0.25, -0.2) is 9.97 Å². The number of benzene rings is 8. The lowest BCUT2D eigenvalue weighted by Gasteiger charge is -2.13. The highest BCUT2D eigenvalue weighted by molar-refractivity contribution is 6.15. The average Bonchev–Trinajstić information content (AvgIpc) is 3.83. The number of nitrogens with zero attached hydrogens (tertiary/aromatic N) is 3. The second-order valence-corrected chi connectivity index (χ2v) is 14.1. The molecular formula is C52H33N3O. The van der Waals surface area contributed by atoms with Crippen LogP contribution in [0.4, 0.5) is 0 Å². The number of furan rings is 1. The minimum absolute atomic E-state index is 0.659. The van der Waals surface area contributed by atoms with Crippen molar-refractivity contribution in [2.75, 3.05) is 0 Å². The number of fused-ring (bicyclic) bond motifs is 6. The Bertz CT molecular complexity index is 3220. The first-order valence-corrected chi connectivity index (χ1v) is 18.9. The Morgan fingerprint density at radius 3 is 1.77 bits per heavy atom. The van der Waals surface area contributed by atoms with Crippen molar-refractivity contribution in [1.29, 1.82) is 0 Å². The van der Waals surface area contributed by atoms with Crippen molar-refractivity contribution in [3.05, 3.63) is 200 Å². The van der Waals surface area contributed by atoms with E-state index in [1.807, 2.05) is 30.3 Å². The van der Waals surface area contributed by atoms with Crippen LogP contribution in [0.1, 0.15) is 0 Å². The van der Waals surface area contributed by atoms with E-state index >= 15 is 0 Å². The minimum atomic E-state index is 0.659. The summed E-state index contributed by atoms with van der Waals surface area (Å²) in [4.78, 5) is 10.4. The zero-order valence-corrected chi connectivity index (χ0v) is 30.3. The second-order valence-electron chi connectivity index (χ2n) is 14.1. The SMILES string of the molecule is c1ccc(-c2ccc(-c3nc(-c4ccccc4)nc4c3oc3cccc(-c5cccc(-c6cccc7c8ccccc8n(-c8ccccc8)c67)c5)c34)cc2)cc1. The molecule has 0 aliphatic heterocycles. The van der Waals surface area contributed by atoms with E-state index in [2.05, 4.69) is 174 Å². The van der Waals surface area contributed by atoms with Crippen LogP contribution >= 0.6 is 0 Å².